The number of benzene rings is 1. The maximum Gasteiger partial charge on any atom is 0.255 e. The molecule has 2 atom stereocenters. The average Bonchev–Trinajstić information content (AvgIpc) is 3.22. The Morgan fingerprint density at radius 2 is 1.96 bits per heavy atom. The van der Waals surface area contributed by atoms with Crippen LogP contribution in [-0.4, -0.2) is 57.4 Å². The van der Waals surface area contributed by atoms with Gasteiger partial charge in [-0.25, -0.2) is 0 Å². The van der Waals surface area contributed by atoms with Crippen molar-refractivity contribution < 1.29 is 19.0 Å². The largest absolute Gasteiger partial charge is 0.493 e. The van der Waals surface area contributed by atoms with E-state index in [1.54, 1.807) is 43.8 Å². The van der Waals surface area contributed by atoms with E-state index >= 15 is 0 Å². The third kappa shape index (κ3) is 4.43. The van der Waals surface area contributed by atoms with Crippen LogP contribution >= 0.6 is 11.3 Å². The summed E-state index contributed by atoms with van der Waals surface area (Å²) in [6.07, 6.45) is 0. The standard InChI is InChI=1S/C20H26N2O4S/c1-14(18(17-8-5-13-27-17)22-9-11-26-12-10-22)21-20(23)15-6-4-7-16(24-2)19(15)25-3/h4-8,13-14,18H,9-12H2,1-3H3,(H,21,23)/t14-,18-/m0/s1. The molecule has 1 amide bonds. The number of carbonyl (C=O) groups is 1. The van der Waals surface area contributed by atoms with Crippen LogP contribution in [0.25, 0.3) is 0 Å². The maximum atomic E-state index is 13.0. The molecule has 1 aliphatic heterocycles. The van der Waals surface area contributed by atoms with Crippen LogP contribution in [0.2, 0.25) is 0 Å². The van der Waals surface area contributed by atoms with E-state index in [0.29, 0.717) is 30.3 Å². The van der Waals surface area contributed by atoms with Gasteiger partial charge in [0.25, 0.3) is 5.91 Å². The van der Waals surface area contributed by atoms with Crippen molar-refractivity contribution in [3.63, 3.8) is 0 Å². The van der Waals surface area contributed by atoms with Gasteiger partial charge in [0.15, 0.2) is 11.5 Å². The van der Waals surface area contributed by atoms with E-state index in [9.17, 15) is 4.79 Å². The highest BCUT2D eigenvalue weighted by Crippen LogP contribution is 2.32. The molecule has 2 aromatic rings. The summed E-state index contributed by atoms with van der Waals surface area (Å²) >= 11 is 1.71. The minimum absolute atomic E-state index is 0.0786. The number of rotatable bonds is 7. The van der Waals surface area contributed by atoms with Gasteiger partial charge in [0.05, 0.1) is 39.0 Å². The first-order valence-electron chi connectivity index (χ1n) is 9.02. The summed E-state index contributed by atoms with van der Waals surface area (Å²) in [5.74, 6) is 0.817. The minimum atomic E-state index is -0.173. The van der Waals surface area contributed by atoms with Crippen LogP contribution < -0.4 is 14.8 Å². The number of para-hydroxylation sites is 1. The van der Waals surface area contributed by atoms with Crippen LogP contribution in [0.5, 0.6) is 11.5 Å². The van der Waals surface area contributed by atoms with Gasteiger partial charge in [-0.05, 0) is 30.5 Å². The zero-order valence-corrected chi connectivity index (χ0v) is 16.8. The predicted molar refractivity (Wildman–Crippen MR) is 106 cm³/mol. The number of ether oxygens (including phenoxy) is 3. The SMILES string of the molecule is COc1cccc(C(=O)N[C@@H](C)[C@@H](c2cccs2)N2CCOCC2)c1OC. The average molecular weight is 391 g/mol. The Kier molecular flexibility index (Phi) is 6.71. The van der Waals surface area contributed by atoms with Gasteiger partial charge < -0.3 is 19.5 Å². The highest BCUT2D eigenvalue weighted by molar-refractivity contribution is 7.10. The van der Waals surface area contributed by atoms with E-state index in [4.69, 9.17) is 14.2 Å². The van der Waals surface area contributed by atoms with E-state index in [2.05, 4.69) is 21.7 Å². The molecular formula is C20H26N2O4S. The number of hydrogen-bond acceptors (Lipinski definition) is 6. The molecule has 146 valence electrons. The lowest BCUT2D eigenvalue weighted by Gasteiger charge is -2.37. The molecule has 1 aliphatic rings. The van der Waals surface area contributed by atoms with Crippen molar-refractivity contribution in [2.45, 2.75) is 19.0 Å². The van der Waals surface area contributed by atoms with Crippen molar-refractivity contribution in [3.8, 4) is 11.5 Å². The van der Waals surface area contributed by atoms with Gasteiger partial charge in [0.2, 0.25) is 0 Å². The Morgan fingerprint density at radius 3 is 2.59 bits per heavy atom. The lowest BCUT2D eigenvalue weighted by Crippen LogP contribution is -2.48. The predicted octanol–water partition coefficient (Wildman–Crippen LogP) is 2.96. The molecule has 0 radical (unpaired) electrons. The molecule has 1 aromatic heterocycles. The van der Waals surface area contributed by atoms with Crippen LogP contribution in [0, 0.1) is 0 Å². The number of carbonyl (C=O) groups excluding carboxylic acids is 1. The second-order valence-corrected chi connectivity index (χ2v) is 7.39. The highest BCUT2D eigenvalue weighted by Gasteiger charge is 2.30. The van der Waals surface area contributed by atoms with Crippen molar-refractivity contribution in [2.24, 2.45) is 0 Å². The van der Waals surface area contributed by atoms with E-state index in [1.165, 1.54) is 4.88 Å². The van der Waals surface area contributed by atoms with Crippen molar-refractivity contribution in [1.29, 1.82) is 0 Å². The Hall–Kier alpha value is -2.09. The summed E-state index contributed by atoms with van der Waals surface area (Å²) in [5.41, 5.74) is 0.468. The van der Waals surface area contributed by atoms with Crippen molar-refractivity contribution in [2.75, 3.05) is 40.5 Å². The van der Waals surface area contributed by atoms with Gasteiger partial charge in [-0.2, -0.15) is 0 Å². The zero-order chi connectivity index (χ0) is 19.2. The lowest BCUT2D eigenvalue weighted by atomic mass is 10.0. The second-order valence-electron chi connectivity index (χ2n) is 6.41. The highest BCUT2D eigenvalue weighted by atomic mass is 32.1. The fourth-order valence-corrected chi connectivity index (χ4v) is 4.45. The van der Waals surface area contributed by atoms with E-state index in [1.807, 2.05) is 13.0 Å². The molecular weight excluding hydrogens is 364 g/mol. The Bertz CT molecular complexity index is 744. The molecule has 1 N–H and O–H groups in total. The van der Waals surface area contributed by atoms with Gasteiger partial charge in [0, 0.05) is 24.0 Å². The fourth-order valence-electron chi connectivity index (χ4n) is 3.49. The summed E-state index contributed by atoms with van der Waals surface area (Å²) in [5, 5.41) is 5.23. The van der Waals surface area contributed by atoms with Crippen molar-refractivity contribution >= 4 is 17.2 Å². The number of amides is 1. The van der Waals surface area contributed by atoms with E-state index in [-0.39, 0.29) is 18.0 Å². The number of thiophene rings is 1. The first-order chi connectivity index (χ1) is 13.2. The maximum absolute atomic E-state index is 13.0. The van der Waals surface area contributed by atoms with Gasteiger partial charge >= 0.3 is 0 Å². The van der Waals surface area contributed by atoms with E-state index in [0.717, 1.165) is 13.1 Å². The number of nitrogens with one attached hydrogen (secondary N) is 1. The molecule has 2 heterocycles. The molecule has 0 saturated carbocycles. The minimum Gasteiger partial charge on any atom is -0.493 e. The molecule has 0 unspecified atom stereocenters. The van der Waals surface area contributed by atoms with Crippen LogP contribution in [-0.2, 0) is 4.74 Å². The third-order valence-corrected chi connectivity index (χ3v) is 5.70. The fraction of sp³-hybridized carbons (Fsp3) is 0.450. The summed E-state index contributed by atoms with van der Waals surface area (Å²) in [6, 6.07) is 9.52. The van der Waals surface area contributed by atoms with Crippen molar-refractivity contribution in [3.05, 3.63) is 46.2 Å². The summed E-state index contributed by atoms with van der Waals surface area (Å²) < 4.78 is 16.2. The Labute approximate surface area is 164 Å². The summed E-state index contributed by atoms with van der Waals surface area (Å²) in [4.78, 5) is 16.6. The molecule has 27 heavy (non-hydrogen) atoms. The number of hydrogen-bond donors (Lipinski definition) is 1. The smallest absolute Gasteiger partial charge is 0.255 e. The number of nitrogens with zero attached hydrogens (tertiary/aromatic N) is 1. The normalized spacial score (nSPS) is 17.1. The quantitative estimate of drug-likeness (QED) is 0.788. The topological polar surface area (TPSA) is 60.0 Å². The second kappa shape index (κ2) is 9.21. The molecule has 1 aromatic carbocycles. The first kappa shape index (κ1) is 19.7. The Balaban J connectivity index is 1.81. The Morgan fingerprint density at radius 1 is 1.19 bits per heavy atom. The van der Waals surface area contributed by atoms with Crippen LogP contribution in [0.3, 0.4) is 0 Å². The summed E-state index contributed by atoms with van der Waals surface area (Å²) in [7, 11) is 3.10. The first-order valence-corrected chi connectivity index (χ1v) is 9.90. The monoisotopic (exact) mass is 390 g/mol. The molecule has 1 saturated heterocycles. The van der Waals surface area contributed by atoms with E-state index < -0.39 is 0 Å². The molecule has 7 heteroatoms. The molecule has 0 spiro atoms. The van der Waals surface area contributed by atoms with Gasteiger partial charge in [-0.15, -0.1) is 11.3 Å². The zero-order valence-electron chi connectivity index (χ0n) is 15.9. The number of methoxy groups -OCH3 is 2. The molecule has 3 rings (SSSR count). The molecule has 6 nitrogen and oxygen atoms in total. The van der Waals surface area contributed by atoms with Gasteiger partial charge in [0.1, 0.15) is 0 Å². The molecule has 0 aliphatic carbocycles. The van der Waals surface area contributed by atoms with Crippen molar-refractivity contribution in [1.82, 2.24) is 10.2 Å². The lowest BCUT2D eigenvalue weighted by molar-refractivity contribution is 0.00968. The van der Waals surface area contributed by atoms with Crippen LogP contribution in [0.15, 0.2) is 35.7 Å². The number of morpholine rings is 1. The molecule has 0 bridgehead atoms. The molecule has 1 fully saturated rings. The van der Waals surface area contributed by atoms with Gasteiger partial charge in [-0.3, -0.25) is 9.69 Å². The van der Waals surface area contributed by atoms with Gasteiger partial charge in [-0.1, -0.05) is 12.1 Å². The van der Waals surface area contributed by atoms with Crippen LogP contribution in [0.1, 0.15) is 28.2 Å². The third-order valence-electron chi connectivity index (χ3n) is 4.75. The van der Waals surface area contributed by atoms with Crippen LogP contribution in [0.4, 0.5) is 0 Å². The summed E-state index contributed by atoms with van der Waals surface area (Å²) in [6.45, 7) is 5.18.